The fourth-order valence-electron chi connectivity index (χ4n) is 1.97. The summed E-state index contributed by atoms with van der Waals surface area (Å²) in [4.78, 5) is 14.1. The predicted molar refractivity (Wildman–Crippen MR) is 79.1 cm³/mol. The van der Waals surface area contributed by atoms with Gasteiger partial charge < -0.3 is 0 Å². The summed E-state index contributed by atoms with van der Waals surface area (Å²) in [6, 6.07) is 13.8. The average molecular weight is 249 g/mol. The smallest absolute Gasteiger partial charge is 0.211 e. The number of aliphatic imine (C=N–C) groups is 1. The van der Waals surface area contributed by atoms with Crippen molar-refractivity contribution in [3.05, 3.63) is 64.7 Å². The molecule has 0 unspecified atom stereocenters. The van der Waals surface area contributed by atoms with E-state index in [9.17, 15) is 4.79 Å². The molecule has 0 N–H and O–H groups in total. The molecular formula is C17H15NO. The molecule has 2 aromatic rings. The van der Waals surface area contributed by atoms with Crippen LogP contribution in [-0.2, 0) is 4.79 Å². The molecule has 0 heterocycles. The molecule has 2 aromatic carbocycles. The number of hydrogen-bond donors (Lipinski definition) is 0. The molecule has 0 aromatic heterocycles. The van der Waals surface area contributed by atoms with Crippen molar-refractivity contribution in [3.8, 4) is 0 Å². The molecule has 0 amide bonds. The molecule has 2 rings (SSSR count). The second-order valence-electron chi connectivity index (χ2n) is 4.46. The fraction of sp³-hybridized carbons (Fsp3) is 0.118. The van der Waals surface area contributed by atoms with Gasteiger partial charge in [0.25, 0.3) is 0 Å². The molecule has 2 heteroatoms. The number of rotatable bonds is 3. The second-order valence-corrected chi connectivity index (χ2v) is 4.46. The van der Waals surface area contributed by atoms with Crippen LogP contribution in [0, 0.1) is 13.8 Å². The summed E-state index contributed by atoms with van der Waals surface area (Å²) in [5.74, 6) is 0. The van der Waals surface area contributed by atoms with Crippen LogP contribution in [0.1, 0.15) is 22.3 Å². The Labute approximate surface area is 113 Å². The lowest BCUT2D eigenvalue weighted by Gasteiger charge is -2.02. The maximum Gasteiger partial charge on any atom is 0.240 e. The topological polar surface area (TPSA) is 29.4 Å². The number of benzene rings is 2. The molecule has 0 saturated carbocycles. The lowest BCUT2D eigenvalue weighted by Crippen LogP contribution is -1.82. The van der Waals surface area contributed by atoms with E-state index in [0.717, 1.165) is 11.1 Å². The SMILES string of the molecule is Cc1ccc(C=Cc2ccccc2N=C=O)c(C)c1. The summed E-state index contributed by atoms with van der Waals surface area (Å²) in [5.41, 5.74) is 5.19. The zero-order valence-corrected chi connectivity index (χ0v) is 11.1. The first-order valence-corrected chi connectivity index (χ1v) is 6.13. The van der Waals surface area contributed by atoms with Crippen LogP contribution in [0.2, 0.25) is 0 Å². The largest absolute Gasteiger partial charge is 0.240 e. The van der Waals surface area contributed by atoms with Gasteiger partial charge in [-0.1, -0.05) is 54.1 Å². The van der Waals surface area contributed by atoms with Crippen LogP contribution in [-0.4, -0.2) is 6.08 Å². The molecular weight excluding hydrogens is 234 g/mol. The average Bonchev–Trinajstić information content (AvgIpc) is 2.40. The van der Waals surface area contributed by atoms with E-state index in [0.29, 0.717) is 5.69 Å². The van der Waals surface area contributed by atoms with Gasteiger partial charge in [0.15, 0.2) is 0 Å². The van der Waals surface area contributed by atoms with Gasteiger partial charge in [-0.25, -0.2) is 4.79 Å². The van der Waals surface area contributed by atoms with Crippen LogP contribution >= 0.6 is 0 Å². The highest BCUT2D eigenvalue weighted by atomic mass is 16.1. The lowest BCUT2D eigenvalue weighted by molar-refractivity contribution is 0.565. The van der Waals surface area contributed by atoms with Gasteiger partial charge in [0, 0.05) is 5.56 Å². The molecule has 2 nitrogen and oxygen atoms in total. The molecule has 0 saturated heterocycles. The summed E-state index contributed by atoms with van der Waals surface area (Å²) in [7, 11) is 0. The van der Waals surface area contributed by atoms with E-state index in [4.69, 9.17) is 0 Å². The van der Waals surface area contributed by atoms with Crippen molar-refractivity contribution in [2.75, 3.05) is 0 Å². The maximum absolute atomic E-state index is 10.4. The van der Waals surface area contributed by atoms with E-state index in [1.165, 1.54) is 11.1 Å². The number of nitrogens with zero attached hydrogens (tertiary/aromatic N) is 1. The normalized spacial score (nSPS) is 10.4. The van der Waals surface area contributed by atoms with Gasteiger partial charge >= 0.3 is 0 Å². The molecule has 0 spiro atoms. The highest BCUT2D eigenvalue weighted by Gasteiger charge is 1.97. The van der Waals surface area contributed by atoms with Crippen LogP contribution in [0.3, 0.4) is 0 Å². The van der Waals surface area contributed by atoms with Gasteiger partial charge in [-0.15, -0.1) is 0 Å². The van der Waals surface area contributed by atoms with Crippen molar-refractivity contribution in [3.63, 3.8) is 0 Å². The number of para-hydroxylation sites is 1. The molecule has 0 aliphatic carbocycles. The van der Waals surface area contributed by atoms with Crippen molar-refractivity contribution in [2.45, 2.75) is 13.8 Å². The van der Waals surface area contributed by atoms with Crippen molar-refractivity contribution in [2.24, 2.45) is 4.99 Å². The van der Waals surface area contributed by atoms with Crippen LogP contribution in [0.15, 0.2) is 47.5 Å². The first-order chi connectivity index (χ1) is 9.20. The minimum atomic E-state index is 0.638. The third-order valence-corrected chi connectivity index (χ3v) is 2.97. The summed E-state index contributed by atoms with van der Waals surface area (Å²) in [6.45, 7) is 4.16. The van der Waals surface area contributed by atoms with Crippen molar-refractivity contribution in [1.29, 1.82) is 0 Å². The summed E-state index contributed by atoms with van der Waals surface area (Å²) in [6.07, 6.45) is 5.58. The quantitative estimate of drug-likeness (QED) is 0.449. The highest BCUT2D eigenvalue weighted by molar-refractivity contribution is 5.77. The number of isocyanates is 1. The molecule has 19 heavy (non-hydrogen) atoms. The Bertz CT molecular complexity index is 665. The molecule has 94 valence electrons. The third-order valence-electron chi connectivity index (χ3n) is 2.97. The van der Waals surface area contributed by atoms with Gasteiger partial charge in [-0.2, -0.15) is 4.99 Å². The van der Waals surface area contributed by atoms with Crippen LogP contribution in [0.25, 0.3) is 12.2 Å². The maximum atomic E-state index is 10.4. The standard InChI is InChI=1S/C17H15NO/c1-13-7-8-15(14(2)11-13)9-10-16-5-3-4-6-17(16)18-12-19/h3-11H,1-2H3. The second kappa shape index (κ2) is 5.94. The Morgan fingerprint density at radius 2 is 1.74 bits per heavy atom. The van der Waals surface area contributed by atoms with Gasteiger partial charge in [-0.3, -0.25) is 0 Å². The van der Waals surface area contributed by atoms with E-state index in [-0.39, 0.29) is 0 Å². The van der Waals surface area contributed by atoms with Gasteiger partial charge in [0.05, 0.1) is 5.69 Å². The first-order valence-electron chi connectivity index (χ1n) is 6.13. The monoisotopic (exact) mass is 249 g/mol. The molecule has 0 fully saturated rings. The Hall–Kier alpha value is -2.44. The number of hydrogen-bond acceptors (Lipinski definition) is 2. The van der Waals surface area contributed by atoms with Crippen molar-refractivity contribution in [1.82, 2.24) is 0 Å². The molecule has 0 aliphatic rings. The minimum Gasteiger partial charge on any atom is -0.211 e. The predicted octanol–water partition coefficient (Wildman–Crippen LogP) is 4.44. The van der Waals surface area contributed by atoms with Crippen LogP contribution in [0.4, 0.5) is 5.69 Å². The lowest BCUT2D eigenvalue weighted by atomic mass is 10.0. The first kappa shape index (κ1) is 13.0. The van der Waals surface area contributed by atoms with Crippen molar-refractivity contribution >= 4 is 23.9 Å². The molecule has 0 radical (unpaired) electrons. The van der Waals surface area contributed by atoms with E-state index in [1.807, 2.05) is 30.4 Å². The van der Waals surface area contributed by atoms with E-state index in [1.54, 1.807) is 12.1 Å². The van der Waals surface area contributed by atoms with Gasteiger partial charge in [0.1, 0.15) is 0 Å². The van der Waals surface area contributed by atoms with Crippen LogP contribution < -0.4 is 0 Å². The van der Waals surface area contributed by atoms with Crippen LogP contribution in [0.5, 0.6) is 0 Å². The summed E-state index contributed by atoms with van der Waals surface area (Å²) < 4.78 is 0. The van der Waals surface area contributed by atoms with E-state index in [2.05, 4.69) is 37.0 Å². The minimum absolute atomic E-state index is 0.638. The summed E-state index contributed by atoms with van der Waals surface area (Å²) in [5, 5.41) is 0. The zero-order valence-electron chi connectivity index (χ0n) is 11.1. The van der Waals surface area contributed by atoms with Gasteiger partial charge in [-0.05, 0) is 31.0 Å². The molecule has 0 aliphatic heterocycles. The van der Waals surface area contributed by atoms with Gasteiger partial charge in [0.2, 0.25) is 6.08 Å². The highest BCUT2D eigenvalue weighted by Crippen LogP contribution is 2.21. The number of carbonyl (C=O) groups excluding carboxylic acids is 1. The Morgan fingerprint density at radius 1 is 1.00 bits per heavy atom. The van der Waals surface area contributed by atoms with E-state index >= 15 is 0 Å². The Morgan fingerprint density at radius 3 is 2.47 bits per heavy atom. The molecule has 0 bridgehead atoms. The Balaban J connectivity index is 2.35. The molecule has 0 atom stereocenters. The number of aryl methyl sites for hydroxylation is 2. The Kier molecular flexibility index (Phi) is 4.07. The third kappa shape index (κ3) is 3.27. The van der Waals surface area contributed by atoms with Crippen molar-refractivity contribution < 1.29 is 4.79 Å². The summed E-state index contributed by atoms with van der Waals surface area (Å²) >= 11 is 0. The fourth-order valence-corrected chi connectivity index (χ4v) is 1.97. The van der Waals surface area contributed by atoms with E-state index < -0.39 is 0 Å². The zero-order chi connectivity index (χ0) is 13.7.